The van der Waals surface area contributed by atoms with Crippen LogP contribution >= 0.6 is 15.6 Å². The van der Waals surface area contributed by atoms with Crippen LogP contribution in [0.1, 0.15) is 344 Å². The summed E-state index contributed by atoms with van der Waals surface area (Å²) in [4.78, 5) is 72.4. The molecule has 0 aliphatic rings. The van der Waals surface area contributed by atoms with Gasteiger partial charge < -0.3 is 33.8 Å². The third-order valence-electron chi connectivity index (χ3n) is 15.9. The number of hydrogen-bond acceptors (Lipinski definition) is 15. The van der Waals surface area contributed by atoms with Gasteiger partial charge in [-0.05, 0) is 43.4 Å². The van der Waals surface area contributed by atoms with Gasteiger partial charge in [0, 0.05) is 25.7 Å². The number of carbonyl (C=O) groups is 4. The summed E-state index contributed by atoms with van der Waals surface area (Å²) < 4.78 is 68.2. The van der Waals surface area contributed by atoms with Crippen LogP contribution in [0.2, 0.25) is 0 Å². The van der Waals surface area contributed by atoms with Gasteiger partial charge in [0.15, 0.2) is 12.2 Å². The second-order valence-corrected chi connectivity index (χ2v) is 29.3. The number of unbranched alkanes of at least 4 members (excludes halogenated alkanes) is 35. The first kappa shape index (κ1) is 86.1. The zero-order chi connectivity index (χ0) is 65.2. The first-order valence-electron chi connectivity index (χ1n) is 35.8. The maximum atomic E-state index is 13.0. The van der Waals surface area contributed by atoms with E-state index in [0.29, 0.717) is 37.5 Å². The summed E-state index contributed by atoms with van der Waals surface area (Å²) in [5.41, 5.74) is 0. The van der Waals surface area contributed by atoms with Crippen LogP contribution in [0.5, 0.6) is 0 Å². The molecule has 0 spiro atoms. The number of rotatable bonds is 67. The smallest absolute Gasteiger partial charge is 0.462 e. The summed E-state index contributed by atoms with van der Waals surface area (Å²) >= 11 is 0. The van der Waals surface area contributed by atoms with Crippen LogP contribution in [0, 0.1) is 17.8 Å². The van der Waals surface area contributed by atoms with Gasteiger partial charge in [0.1, 0.15) is 19.3 Å². The quantitative estimate of drug-likeness (QED) is 0.0222. The molecule has 0 aromatic carbocycles. The molecule has 19 heteroatoms. The standard InChI is InChI=1S/C69H134O17P2/c1-8-9-10-11-12-13-14-15-16-17-18-19-20-23-29-38-45-52-68(73)85-64(56-79-66(71)50-43-36-28-24-21-22-26-33-40-47-60(2)3)58-83-87(75,76)81-54-63(70)55-82-88(77,78)84-59-65(57-80-67(72)51-44-37-32-31-35-42-49-62(6)7)86-69(74)53-46-39-30-25-27-34-41-48-61(4)5/h60-65,70H,8-59H2,1-7H3,(H,75,76)(H,77,78)/t63-,64-,65-/m1/s1. The van der Waals surface area contributed by atoms with Gasteiger partial charge in [-0.2, -0.15) is 0 Å². The average molecular weight is 1300 g/mol. The van der Waals surface area contributed by atoms with E-state index in [4.69, 9.17) is 37.0 Å². The van der Waals surface area contributed by atoms with Crippen molar-refractivity contribution in [3.8, 4) is 0 Å². The average Bonchev–Trinajstić information content (AvgIpc) is 3.69. The first-order valence-corrected chi connectivity index (χ1v) is 38.8. The molecule has 0 rings (SSSR count). The van der Waals surface area contributed by atoms with Crippen LogP contribution < -0.4 is 0 Å². The second-order valence-electron chi connectivity index (χ2n) is 26.3. The van der Waals surface area contributed by atoms with Crippen molar-refractivity contribution in [2.75, 3.05) is 39.6 Å². The van der Waals surface area contributed by atoms with Gasteiger partial charge in [-0.25, -0.2) is 9.13 Å². The topological polar surface area (TPSA) is 237 Å². The molecule has 0 heterocycles. The lowest BCUT2D eigenvalue weighted by molar-refractivity contribution is -0.161. The molecule has 17 nitrogen and oxygen atoms in total. The maximum Gasteiger partial charge on any atom is 0.472 e. The Morgan fingerprint density at radius 2 is 0.523 bits per heavy atom. The molecular formula is C69H134O17P2. The van der Waals surface area contributed by atoms with E-state index in [1.807, 2.05) is 0 Å². The highest BCUT2D eigenvalue weighted by Crippen LogP contribution is 2.45. The van der Waals surface area contributed by atoms with Crippen molar-refractivity contribution in [3.05, 3.63) is 0 Å². The highest BCUT2D eigenvalue weighted by Gasteiger charge is 2.30. The number of carbonyl (C=O) groups excluding carboxylic acids is 4. The Morgan fingerprint density at radius 1 is 0.307 bits per heavy atom. The summed E-state index contributed by atoms with van der Waals surface area (Å²) in [6.07, 6.45) is 43.4. The van der Waals surface area contributed by atoms with Gasteiger partial charge >= 0.3 is 39.5 Å². The maximum absolute atomic E-state index is 13.0. The van der Waals surface area contributed by atoms with Gasteiger partial charge in [-0.3, -0.25) is 37.3 Å². The summed E-state index contributed by atoms with van der Waals surface area (Å²) in [6.45, 7) is 11.7. The minimum atomic E-state index is -4.95. The normalized spacial score (nSPS) is 14.2. The molecule has 0 amide bonds. The number of phosphoric ester groups is 2. The van der Waals surface area contributed by atoms with Crippen LogP contribution in [0.15, 0.2) is 0 Å². The molecule has 0 aliphatic heterocycles. The molecule has 0 aromatic heterocycles. The molecule has 88 heavy (non-hydrogen) atoms. The fraction of sp³-hybridized carbons (Fsp3) is 0.942. The van der Waals surface area contributed by atoms with Crippen LogP contribution in [0.25, 0.3) is 0 Å². The summed E-state index contributed by atoms with van der Waals surface area (Å²) in [6, 6.07) is 0. The van der Waals surface area contributed by atoms with Crippen molar-refractivity contribution >= 4 is 39.5 Å². The third kappa shape index (κ3) is 62.8. The summed E-state index contributed by atoms with van der Waals surface area (Å²) in [5.74, 6) is -0.0131. The molecule has 522 valence electrons. The Kier molecular flexibility index (Phi) is 58.7. The van der Waals surface area contributed by atoms with Crippen LogP contribution in [-0.2, 0) is 65.4 Å². The zero-order valence-corrected chi connectivity index (χ0v) is 59.0. The lowest BCUT2D eigenvalue weighted by Crippen LogP contribution is -2.30. The van der Waals surface area contributed by atoms with E-state index >= 15 is 0 Å². The number of hydrogen-bond donors (Lipinski definition) is 3. The first-order chi connectivity index (χ1) is 42.2. The molecule has 0 saturated carbocycles. The van der Waals surface area contributed by atoms with Crippen LogP contribution in [-0.4, -0.2) is 96.7 Å². The molecule has 0 bridgehead atoms. The number of esters is 4. The Hall–Kier alpha value is -1.94. The van der Waals surface area contributed by atoms with E-state index in [0.717, 1.165) is 102 Å². The largest absolute Gasteiger partial charge is 0.472 e. The van der Waals surface area contributed by atoms with Gasteiger partial charge in [-0.15, -0.1) is 0 Å². The van der Waals surface area contributed by atoms with Gasteiger partial charge in [0.25, 0.3) is 0 Å². The Balaban J connectivity index is 5.22. The molecule has 5 atom stereocenters. The number of aliphatic hydroxyl groups excluding tert-OH is 1. The Labute approximate surface area is 537 Å². The number of phosphoric acid groups is 2. The molecular weight excluding hydrogens is 1160 g/mol. The van der Waals surface area contributed by atoms with Gasteiger partial charge in [-0.1, -0.05) is 292 Å². The van der Waals surface area contributed by atoms with Crippen LogP contribution in [0.4, 0.5) is 0 Å². The molecule has 0 aromatic rings. The molecule has 3 N–H and O–H groups in total. The predicted octanol–water partition coefficient (Wildman–Crippen LogP) is 19.5. The van der Waals surface area contributed by atoms with Crippen molar-refractivity contribution in [1.29, 1.82) is 0 Å². The highest BCUT2D eigenvalue weighted by atomic mass is 31.2. The fourth-order valence-electron chi connectivity index (χ4n) is 10.4. The molecule has 0 saturated heterocycles. The molecule has 2 unspecified atom stereocenters. The van der Waals surface area contributed by atoms with E-state index < -0.39 is 97.5 Å². The van der Waals surface area contributed by atoms with E-state index in [2.05, 4.69) is 48.5 Å². The SMILES string of the molecule is CCCCCCCCCCCCCCCCCCCC(=O)O[C@H](COC(=O)CCCCCCCCCCCC(C)C)COP(=O)(O)OC[C@@H](O)COP(=O)(O)OC[C@@H](COC(=O)CCCCCCCCC(C)C)OC(=O)CCCCCCCCCC(C)C. The van der Waals surface area contributed by atoms with Crippen molar-refractivity contribution < 1.29 is 80.2 Å². The molecule has 0 fully saturated rings. The van der Waals surface area contributed by atoms with E-state index in [9.17, 15) is 43.2 Å². The summed E-state index contributed by atoms with van der Waals surface area (Å²) in [7, 11) is -9.90. The van der Waals surface area contributed by atoms with Gasteiger partial charge in [0.2, 0.25) is 0 Å². The highest BCUT2D eigenvalue weighted by molar-refractivity contribution is 7.47. The third-order valence-corrected chi connectivity index (χ3v) is 17.8. The minimum Gasteiger partial charge on any atom is -0.462 e. The zero-order valence-electron chi connectivity index (χ0n) is 57.2. The number of ether oxygens (including phenoxy) is 4. The lowest BCUT2D eigenvalue weighted by atomic mass is 10.0. The summed E-state index contributed by atoms with van der Waals surface area (Å²) in [5, 5.41) is 10.6. The minimum absolute atomic E-state index is 0.102. The van der Waals surface area contributed by atoms with E-state index in [-0.39, 0.29) is 25.7 Å². The monoisotopic (exact) mass is 1300 g/mol. The van der Waals surface area contributed by atoms with Crippen LogP contribution in [0.3, 0.4) is 0 Å². The molecule has 0 radical (unpaired) electrons. The van der Waals surface area contributed by atoms with Crippen molar-refractivity contribution in [3.63, 3.8) is 0 Å². The molecule has 0 aliphatic carbocycles. The van der Waals surface area contributed by atoms with Crippen molar-refractivity contribution in [2.45, 2.75) is 362 Å². The number of aliphatic hydroxyl groups is 1. The second kappa shape index (κ2) is 60.0. The Bertz CT molecular complexity index is 1730. The Morgan fingerprint density at radius 3 is 0.773 bits per heavy atom. The predicted molar refractivity (Wildman–Crippen MR) is 354 cm³/mol. The van der Waals surface area contributed by atoms with Crippen molar-refractivity contribution in [1.82, 2.24) is 0 Å². The fourth-order valence-corrected chi connectivity index (χ4v) is 11.9. The lowest BCUT2D eigenvalue weighted by Gasteiger charge is -2.21. The van der Waals surface area contributed by atoms with Gasteiger partial charge in [0.05, 0.1) is 26.4 Å². The van der Waals surface area contributed by atoms with E-state index in [1.54, 1.807) is 0 Å². The van der Waals surface area contributed by atoms with Crippen molar-refractivity contribution in [2.24, 2.45) is 17.8 Å². The van der Waals surface area contributed by atoms with E-state index in [1.165, 1.54) is 148 Å².